The Bertz CT molecular complexity index is 870. The van der Waals surface area contributed by atoms with Crippen molar-refractivity contribution in [1.29, 1.82) is 0 Å². The third-order valence-electron chi connectivity index (χ3n) is 7.05. The Labute approximate surface area is 184 Å². The van der Waals surface area contributed by atoms with Crippen LogP contribution < -0.4 is 5.32 Å². The fourth-order valence-corrected chi connectivity index (χ4v) is 6.51. The number of nitrogens with one attached hydrogen (secondary N) is 1. The lowest BCUT2D eigenvalue weighted by Crippen LogP contribution is -2.39. The van der Waals surface area contributed by atoms with E-state index in [2.05, 4.69) is 29.0 Å². The maximum atomic E-state index is 5.52. The van der Waals surface area contributed by atoms with Gasteiger partial charge in [-0.2, -0.15) is 0 Å². The maximum Gasteiger partial charge on any atom is 0.146 e. The van der Waals surface area contributed by atoms with Gasteiger partial charge in [0.2, 0.25) is 0 Å². The van der Waals surface area contributed by atoms with Crippen LogP contribution >= 0.6 is 11.3 Å². The Morgan fingerprint density at radius 2 is 1.87 bits per heavy atom. The average molecular weight is 430 g/mol. The molecule has 1 aliphatic carbocycles. The van der Waals surface area contributed by atoms with Gasteiger partial charge in [0.25, 0.3) is 0 Å². The van der Waals surface area contributed by atoms with Gasteiger partial charge in [0.1, 0.15) is 16.5 Å². The molecule has 4 heterocycles. The number of fused-ring (bicyclic) bond motifs is 3. The van der Waals surface area contributed by atoms with Crippen LogP contribution in [0.1, 0.15) is 49.4 Å². The molecule has 1 N–H and O–H groups in total. The molecule has 0 unspecified atom stereocenters. The minimum atomic E-state index is 0.514. The lowest BCUT2D eigenvalue weighted by Gasteiger charge is -2.32. The normalized spacial score (nSPS) is 24.3. The van der Waals surface area contributed by atoms with Crippen molar-refractivity contribution in [3.05, 3.63) is 16.3 Å². The lowest BCUT2D eigenvalue weighted by molar-refractivity contribution is 0.0331. The van der Waals surface area contributed by atoms with Gasteiger partial charge < -0.3 is 15.0 Å². The van der Waals surface area contributed by atoms with Gasteiger partial charge in [0.05, 0.1) is 25.1 Å². The first-order chi connectivity index (χ1) is 14.7. The van der Waals surface area contributed by atoms with E-state index in [-0.39, 0.29) is 0 Å². The average Bonchev–Trinajstić information content (AvgIpc) is 3.12. The summed E-state index contributed by atoms with van der Waals surface area (Å²) in [6.45, 7) is 12.6. The van der Waals surface area contributed by atoms with E-state index in [1.807, 2.05) is 11.3 Å². The first-order valence-electron chi connectivity index (χ1n) is 11.8. The van der Waals surface area contributed by atoms with E-state index in [0.717, 1.165) is 57.0 Å². The molecule has 0 saturated carbocycles. The predicted molar refractivity (Wildman–Crippen MR) is 123 cm³/mol. The highest BCUT2D eigenvalue weighted by Gasteiger charge is 2.26. The van der Waals surface area contributed by atoms with E-state index in [1.165, 1.54) is 61.0 Å². The summed E-state index contributed by atoms with van der Waals surface area (Å²) in [5, 5.41) is 5.20. The minimum absolute atomic E-state index is 0.514. The quantitative estimate of drug-likeness (QED) is 0.785. The van der Waals surface area contributed by atoms with Gasteiger partial charge in [-0.3, -0.25) is 4.90 Å². The topological polar surface area (TPSA) is 53.5 Å². The number of ether oxygens (including phenoxy) is 1. The molecule has 0 spiro atoms. The molecule has 2 aliphatic heterocycles. The van der Waals surface area contributed by atoms with E-state index in [1.54, 1.807) is 4.88 Å². The molecule has 2 fully saturated rings. The van der Waals surface area contributed by atoms with Crippen molar-refractivity contribution in [3.8, 4) is 0 Å². The molecule has 2 aromatic heterocycles. The molecule has 30 heavy (non-hydrogen) atoms. The second-order valence-electron chi connectivity index (χ2n) is 9.26. The van der Waals surface area contributed by atoms with E-state index in [0.29, 0.717) is 6.04 Å². The van der Waals surface area contributed by atoms with Crippen molar-refractivity contribution in [2.24, 2.45) is 5.92 Å². The number of aryl methyl sites for hydroxylation is 1. The van der Waals surface area contributed by atoms with Crippen LogP contribution in [0.15, 0.2) is 0 Å². The number of hydrogen-bond acceptors (Lipinski definition) is 7. The number of hydrogen-bond donors (Lipinski definition) is 1. The highest BCUT2D eigenvalue weighted by molar-refractivity contribution is 7.19. The maximum absolute atomic E-state index is 5.52. The van der Waals surface area contributed by atoms with Crippen molar-refractivity contribution in [3.63, 3.8) is 0 Å². The van der Waals surface area contributed by atoms with E-state index in [9.17, 15) is 0 Å². The summed E-state index contributed by atoms with van der Waals surface area (Å²) in [5.41, 5.74) is 1.53. The van der Waals surface area contributed by atoms with Crippen LogP contribution in [-0.2, 0) is 24.1 Å². The standard InChI is InChI=1S/C23H35N5OS/c1-3-27-8-6-17(7-9-27)24-22-21-18-5-4-16(2)14-19(18)30-23(21)26-20(25-22)15-28-10-12-29-13-11-28/h16-17H,3-15H2,1-2H3,(H,24,25,26)/t16-/m1/s1. The Morgan fingerprint density at radius 3 is 2.63 bits per heavy atom. The zero-order valence-electron chi connectivity index (χ0n) is 18.5. The molecule has 0 radical (unpaired) electrons. The summed E-state index contributed by atoms with van der Waals surface area (Å²) in [6.07, 6.45) is 6.04. The van der Waals surface area contributed by atoms with Crippen LogP contribution in [-0.4, -0.2) is 71.7 Å². The van der Waals surface area contributed by atoms with Crippen molar-refractivity contribution < 1.29 is 4.74 Å². The van der Waals surface area contributed by atoms with Crippen LogP contribution in [0.5, 0.6) is 0 Å². The minimum Gasteiger partial charge on any atom is -0.379 e. The summed E-state index contributed by atoms with van der Waals surface area (Å²) in [7, 11) is 0. The van der Waals surface area contributed by atoms with Gasteiger partial charge in [0.15, 0.2) is 0 Å². The van der Waals surface area contributed by atoms with Crippen LogP contribution in [0, 0.1) is 5.92 Å². The Kier molecular flexibility index (Phi) is 6.23. The van der Waals surface area contributed by atoms with Crippen LogP contribution in [0.4, 0.5) is 5.82 Å². The van der Waals surface area contributed by atoms with E-state index >= 15 is 0 Å². The summed E-state index contributed by atoms with van der Waals surface area (Å²) in [4.78, 5) is 17.9. The molecule has 0 aromatic carbocycles. The third kappa shape index (κ3) is 4.35. The molecule has 1 atom stereocenters. The van der Waals surface area contributed by atoms with Gasteiger partial charge in [-0.05, 0) is 50.1 Å². The van der Waals surface area contributed by atoms with Gasteiger partial charge in [-0.25, -0.2) is 9.97 Å². The van der Waals surface area contributed by atoms with Crippen molar-refractivity contribution >= 4 is 27.4 Å². The lowest BCUT2D eigenvalue weighted by atomic mass is 9.89. The molecular formula is C23H35N5OS. The van der Waals surface area contributed by atoms with Crippen LogP contribution in [0.2, 0.25) is 0 Å². The fraction of sp³-hybridized carbons (Fsp3) is 0.739. The van der Waals surface area contributed by atoms with Gasteiger partial charge in [-0.15, -0.1) is 11.3 Å². The predicted octanol–water partition coefficient (Wildman–Crippen LogP) is 3.54. The van der Waals surface area contributed by atoms with Crippen LogP contribution in [0.25, 0.3) is 10.2 Å². The first-order valence-corrected chi connectivity index (χ1v) is 12.6. The van der Waals surface area contributed by atoms with Gasteiger partial charge >= 0.3 is 0 Å². The zero-order chi connectivity index (χ0) is 20.5. The number of aromatic nitrogens is 2. The Hall–Kier alpha value is -1.28. The van der Waals surface area contributed by atoms with Crippen molar-refractivity contribution in [1.82, 2.24) is 19.8 Å². The summed E-state index contributed by atoms with van der Waals surface area (Å²) >= 11 is 1.92. The van der Waals surface area contributed by atoms with Crippen molar-refractivity contribution in [2.75, 3.05) is 51.3 Å². The zero-order valence-corrected chi connectivity index (χ0v) is 19.3. The molecule has 2 saturated heterocycles. The second-order valence-corrected chi connectivity index (χ2v) is 10.3. The number of anilines is 1. The summed E-state index contributed by atoms with van der Waals surface area (Å²) in [6, 6.07) is 0.514. The molecule has 0 amide bonds. The highest BCUT2D eigenvalue weighted by Crippen LogP contribution is 2.40. The number of morpholine rings is 1. The largest absolute Gasteiger partial charge is 0.379 e. The van der Waals surface area contributed by atoms with Crippen molar-refractivity contribution in [2.45, 2.75) is 58.5 Å². The second kappa shape index (κ2) is 9.07. The molecule has 3 aliphatic rings. The molecule has 5 rings (SSSR count). The number of piperidine rings is 1. The van der Waals surface area contributed by atoms with Gasteiger partial charge in [0, 0.05) is 37.1 Å². The monoisotopic (exact) mass is 429 g/mol. The SMILES string of the molecule is CCN1CCC(Nc2nc(CN3CCOCC3)nc3sc4c(c23)CC[C@@H](C)C4)CC1. The number of thiophene rings is 1. The third-order valence-corrected chi connectivity index (χ3v) is 8.19. The highest BCUT2D eigenvalue weighted by atomic mass is 32.1. The summed E-state index contributed by atoms with van der Waals surface area (Å²) in [5.74, 6) is 2.84. The smallest absolute Gasteiger partial charge is 0.146 e. The number of likely N-dealkylation sites (tertiary alicyclic amines) is 1. The molecule has 6 nitrogen and oxygen atoms in total. The number of nitrogens with zero attached hydrogens (tertiary/aromatic N) is 4. The summed E-state index contributed by atoms with van der Waals surface area (Å²) < 4.78 is 5.52. The molecule has 2 aromatic rings. The van der Waals surface area contributed by atoms with E-state index in [4.69, 9.17) is 14.7 Å². The molecule has 164 valence electrons. The Morgan fingerprint density at radius 1 is 1.07 bits per heavy atom. The number of rotatable bonds is 5. The fourth-order valence-electron chi connectivity index (χ4n) is 5.11. The first kappa shape index (κ1) is 20.6. The van der Waals surface area contributed by atoms with E-state index < -0.39 is 0 Å². The molecule has 7 heteroatoms. The van der Waals surface area contributed by atoms with Gasteiger partial charge in [-0.1, -0.05) is 13.8 Å². The van der Waals surface area contributed by atoms with Crippen LogP contribution in [0.3, 0.4) is 0 Å². The molecule has 0 bridgehead atoms. The Balaban J connectivity index is 1.45. The molecular weight excluding hydrogens is 394 g/mol.